The SMILES string of the molecule is CCC(N)c1ccccc1SC1CCCC1. The molecule has 1 unspecified atom stereocenters. The van der Waals surface area contributed by atoms with E-state index in [-0.39, 0.29) is 6.04 Å². The molecule has 2 heteroatoms. The van der Waals surface area contributed by atoms with Crippen molar-refractivity contribution in [2.75, 3.05) is 0 Å². The number of hydrogen-bond donors (Lipinski definition) is 1. The van der Waals surface area contributed by atoms with Gasteiger partial charge in [-0.1, -0.05) is 38.0 Å². The molecular formula is C14H21NS. The van der Waals surface area contributed by atoms with Crippen LogP contribution in [0.25, 0.3) is 0 Å². The van der Waals surface area contributed by atoms with Gasteiger partial charge in [-0.15, -0.1) is 11.8 Å². The van der Waals surface area contributed by atoms with E-state index in [9.17, 15) is 0 Å². The summed E-state index contributed by atoms with van der Waals surface area (Å²) < 4.78 is 0. The molecule has 1 aliphatic rings. The number of thioether (sulfide) groups is 1. The molecule has 16 heavy (non-hydrogen) atoms. The van der Waals surface area contributed by atoms with E-state index in [0.29, 0.717) is 0 Å². The van der Waals surface area contributed by atoms with Crippen LogP contribution in [0.1, 0.15) is 50.6 Å². The minimum Gasteiger partial charge on any atom is -0.324 e. The Kier molecular flexibility index (Phi) is 4.30. The Hall–Kier alpha value is -0.470. The molecule has 0 amide bonds. The van der Waals surface area contributed by atoms with Crippen LogP contribution >= 0.6 is 11.8 Å². The third-order valence-electron chi connectivity index (χ3n) is 3.35. The predicted molar refractivity (Wildman–Crippen MR) is 71.8 cm³/mol. The van der Waals surface area contributed by atoms with Gasteiger partial charge in [-0.3, -0.25) is 0 Å². The Morgan fingerprint density at radius 3 is 2.69 bits per heavy atom. The standard InChI is InChI=1S/C14H21NS/c1-2-13(15)12-9-5-6-10-14(12)16-11-7-3-4-8-11/h5-6,9-11,13H,2-4,7-8,15H2,1H3. The van der Waals surface area contributed by atoms with Gasteiger partial charge < -0.3 is 5.73 Å². The molecule has 0 radical (unpaired) electrons. The van der Waals surface area contributed by atoms with Crippen LogP contribution < -0.4 is 5.73 Å². The second kappa shape index (κ2) is 5.74. The van der Waals surface area contributed by atoms with E-state index in [4.69, 9.17) is 5.73 Å². The van der Waals surface area contributed by atoms with Gasteiger partial charge in [0.25, 0.3) is 0 Å². The lowest BCUT2D eigenvalue weighted by molar-refractivity contribution is 0.685. The van der Waals surface area contributed by atoms with Gasteiger partial charge in [0, 0.05) is 16.2 Å². The van der Waals surface area contributed by atoms with Crippen molar-refractivity contribution in [3.8, 4) is 0 Å². The quantitative estimate of drug-likeness (QED) is 0.849. The van der Waals surface area contributed by atoms with Crippen LogP contribution in [0.3, 0.4) is 0 Å². The second-order valence-electron chi connectivity index (χ2n) is 4.58. The maximum Gasteiger partial charge on any atom is 0.0303 e. The van der Waals surface area contributed by atoms with Crippen molar-refractivity contribution in [2.45, 2.75) is 55.2 Å². The van der Waals surface area contributed by atoms with Gasteiger partial charge in [-0.05, 0) is 30.9 Å². The summed E-state index contributed by atoms with van der Waals surface area (Å²) in [6, 6.07) is 8.84. The Morgan fingerprint density at radius 2 is 2.00 bits per heavy atom. The molecule has 1 saturated carbocycles. The van der Waals surface area contributed by atoms with Gasteiger partial charge in [0.1, 0.15) is 0 Å². The van der Waals surface area contributed by atoms with Crippen molar-refractivity contribution in [3.05, 3.63) is 29.8 Å². The van der Waals surface area contributed by atoms with Crippen molar-refractivity contribution in [3.63, 3.8) is 0 Å². The number of benzene rings is 1. The van der Waals surface area contributed by atoms with Crippen LogP contribution in [0, 0.1) is 0 Å². The summed E-state index contributed by atoms with van der Waals surface area (Å²) in [6.07, 6.45) is 6.57. The summed E-state index contributed by atoms with van der Waals surface area (Å²) in [6.45, 7) is 2.15. The number of nitrogens with two attached hydrogens (primary N) is 1. The van der Waals surface area contributed by atoms with E-state index in [1.807, 2.05) is 11.8 Å². The molecule has 1 atom stereocenters. The van der Waals surface area contributed by atoms with Crippen LogP contribution in [0.5, 0.6) is 0 Å². The first-order valence-electron chi connectivity index (χ1n) is 6.32. The van der Waals surface area contributed by atoms with Crippen LogP contribution in [-0.4, -0.2) is 5.25 Å². The van der Waals surface area contributed by atoms with Crippen molar-refractivity contribution in [2.24, 2.45) is 5.73 Å². The highest BCUT2D eigenvalue weighted by atomic mass is 32.2. The Balaban J connectivity index is 2.12. The minimum absolute atomic E-state index is 0.199. The van der Waals surface area contributed by atoms with Crippen molar-refractivity contribution >= 4 is 11.8 Å². The molecule has 2 rings (SSSR count). The molecule has 0 heterocycles. The average molecular weight is 235 g/mol. The third kappa shape index (κ3) is 2.80. The Morgan fingerprint density at radius 1 is 1.31 bits per heavy atom. The predicted octanol–water partition coefficient (Wildman–Crippen LogP) is 4.13. The van der Waals surface area contributed by atoms with Crippen LogP contribution in [-0.2, 0) is 0 Å². The average Bonchev–Trinajstić information content (AvgIpc) is 2.82. The lowest BCUT2D eigenvalue weighted by Crippen LogP contribution is -2.10. The molecule has 1 aromatic carbocycles. The van der Waals surface area contributed by atoms with Gasteiger partial charge in [-0.2, -0.15) is 0 Å². The maximum atomic E-state index is 6.16. The van der Waals surface area contributed by atoms with Crippen molar-refractivity contribution in [1.29, 1.82) is 0 Å². The molecule has 1 fully saturated rings. The van der Waals surface area contributed by atoms with E-state index in [1.165, 1.54) is 36.1 Å². The Bertz CT molecular complexity index is 331. The van der Waals surface area contributed by atoms with E-state index < -0.39 is 0 Å². The van der Waals surface area contributed by atoms with E-state index >= 15 is 0 Å². The largest absolute Gasteiger partial charge is 0.324 e. The van der Waals surface area contributed by atoms with E-state index in [1.54, 1.807) is 0 Å². The molecule has 1 nitrogen and oxygen atoms in total. The molecule has 0 bridgehead atoms. The topological polar surface area (TPSA) is 26.0 Å². The fourth-order valence-electron chi connectivity index (χ4n) is 2.30. The van der Waals surface area contributed by atoms with Crippen LogP contribution in [0.15, 0.2) is 29.2 Å². The lowest BCUT2D eigenvalue weighted by atomic mass is 10.1. The van der Waals surface area contributed by atoms with Crippen LogP contribution in [0.4, 0.5) is 0 Å². The summed E-state index contributed by atoms with van der Waals surface area (Å²) in [5, 5.41) is 0.824. The molecule has 1 aromatic rings. The highest BCUT2D eigenvalue weighted by Crippen LogP contribution is 2.37. The molecular weight excluding hydrogens is 214 g/mol. The summed E-state index contributed by atoms with van der Waals surface area (Å²) in [4.78, 5) is 1.41. The van der Waals surface area contributed by atoms with E-state index in [0.717, 1.165) is 11.7 Å². The third-order valence-corrected chi connectivity index (χ3v) is 4.78. The normalized spacial score (nSPS) is 18.9. The number of rotatable bonds is 4. The lowest BCUT2D eigenvalue weighted by Gasteiger charge is -2.16. The van der Waals surface area contributed by atoms with Gasteiger partial charge in [0.2, 0.25) is 0 Å². The highest BCUT2D eigenvalue weighted by Gasteiger charge is 2.18. The fraction of sp³-hybridized carbons (Fsp3) is 0.571. The summed E-state index contributed by atoms with van der Waals surface area (Å²) in [5.74, 6) is 0. The Labute approximate surface area is 103 Å². The minimum atomic E-state index is 0.199. The molecule has 88 valence electrons. The van der Waals surface area contributed by atoms with Gasteiger partial charge in [0.05, 0.1) is 0 Å². The zero-order chi connectivity index (χ0) is 11.4. The van der Waals surface area contributed by atoms with Crippen molar-refractivity contribution in [1.82, 2.24) is 0 Å². The molecule has 1 aliphatic carbocycles. The van der Waals surface area contributed by atoms with E-state index in [2.05, 4.69) is 31.2 Å². The molecule has 0 saturated heterocycles. The number of hydrogen-bond acceptors (Lipinski definition) is 2. The second-order valence-corrected chi connectivity index (χ2v) is 5.92. The fourth-order valence-corrected chi connectivity index (χ4v) is 3.74. The summed E-state index contributed by atoms with van der Waals surface area (Å²) >= 11 is 2.04. The monoisotopic (exact) mass is 235 g/mol. The first kappa shape index (κ1) is 12.0. The first-order valence-corrected chi connectivity index (χ1v) is 7.20. The van der Waals surface area contributed by atoms with Crippen molar-refractivity contribution < 1.29 is 0 Å². The zero-order valence-corrected chi connectivity index (χ0v) is 10.8. The van der Waals surface area contributed by atoms with Crippen LogP contribution in [0.2, 0.25) is 0 Å². The summed E-state index contributed by atoms with van der Waals surface area (Å²) in [7, 11) is 0. The molecule has 0 aliphatic heterocycles. The summed E-state index contributed by atoms with van der Waals surface area (Å²) in [5.41, 5.74) is 7.49. The van der Waals surface area contributed by atoms with Gasteiger partial charge in [0.15, 0.2) is 0 Å². The smallest absolute Gasteiger partial charge is 0.0303 e. The van der Waals surface area contributed by atoms with Gasteiger partial charge in [-0.25, -0.2) is 0 Å². The highest BCUT2D eigenvalue weighted by molar-refractivity contribution is 8.00. The molecule has 2 N–H and O–H groups in total. The molecule has 0 spiro atoms. The molecule has 0 aromatic heterocycles. The first-order chi connectivity index (χ1) is 7.81. The maximum absolute atomic E-state index is 6.16. The van der Waals surface area contributed by atoms with Gasteiger partial charge >= 0.3 is 0 Å². The zero-order valence-electron chi connectivity index (χ0n) is 9.99.